The molecule has 3 heterocycles. The van der Waals surface area contributed by atoms with Gasteiger partial charge in [0.25, 0.3) is 0 Å². The number of aryl methyl sites for hydroxylation is 1. The molecule has 0 radical (unpaired) electrons. The van der Waals surface area contributed by atoms with Gasteiger partial charge < -0.3 is 9.64 Å². The number of amides is 1. The van der Waals surface area contributed by atoms with Gasteiger partial charge in [0.15, 0.2) is 0 Å². The minimum Gasteiger partial charge on any atom is -0.378 e. The highest BCUT2D eigenvalue weighted by molar-refractivity contribution is 5.95. The van der Waals surface area contributed by atoms with Crippen molar-refractivity contribution in [3.05, 3.63) is 40.2 Å². The Hall–Kier alpha value is -2.68. The molecule has 0 atom stereocenters. The van der Waals surface area contributed by atoms with Gasteiger partial charge in [-0.05, 0) is 37.1 Å². The van der Waals surface area contributed by atoms with Gasteiger partial charge in [0.05, 0.1) is 31.0 Å². The minimum absolute atomic E-state index is 0.0436. The van der Waals surface area contributed by atoms with E-state index in [-0.39, 0.29) is 19.0 Å². The lowest BCUT2D eigenvalue weighted by molar-refractivity contribution is -0.137. The van der Waals surface area contributed by atoms with Crippen molar-refractivity contribution in [1.82, 2.24) is 14.7 Å². The Morgan fingerprint density at radius 3 is 2.62 bits per heavy atom. The molecular weight excluding hydrogens is 385 g/mol. The Bertz CT molecular complexity index is 989. The molecule has 154 valence electrons. The summed E-state index contributed by atoms with van der Waals surface area (Å²) in [6.07, 6.45) is -2.84. The number of carbonyl (C=O) groups is 1. The molecule has 1 amide bonds. The molecule has 0 bridgehead atoms. The summed E-state index contributed by atoms with van der Waals surface area (Å²) in [7, 11) is 0. The highest BCUT2D eigenvalue weighted by Gasteiger charge is 2.33. The maximum absolute atomic E-state index is 13.4. The number of hydrogen-bond donors (Lipinski definition) is 0. The van der Waals surface area contributed by atoms with Gasteiger partial charge in [0, 0.05) is 36.1 Å². The fourth-order valence-corrected chi connectivity index (χ4v) is 3.88. The first-order valence-electron chi connectivity index (χ1n) is 9.39. The molecule has 1 aromatic heterocycles. The summed E-state index contributed by atoms with van der Waals surface area (Å²) in [6, 6.07) is 2.31. The first-order chi connectivity index (χ1) is 13.8. The van der Waals surface area contributed by atoms with Gasteiger partial charge >= 0.3 is 6.18 Å². The molecule has 6 nitrogen and oxygen atoms in total. The average molecular weight is 406 g/mol. The van der Waals surface area contributed by atoms with Gasteiger partial charge in [0.1, 0.15) is 6.54 Å². The third-order valence-electron chi connectivity index (χ3n) is 5.37. The number of fused-ring (bicyclic) bond motifs is 1. The van der Waals surface area contributed by atoms with E-state index in [1.54, 1.807) is 29.6 Å². The predicted octanol–water partition coefficient (Wildman–Crippen LogP) is 2.98. The molecule has 9 heteroatoms. The number of nitrogens with zero attached hydrogens (tertiary/aromatic N) is 4. The third kappa shape index (κ3) is 3.66. The number of rotatable bonds is 3. The highest BCUT2D eigenvalue weighted by Crippen LogP contribution is 2.39. The van der Waals surface area contributed by atoms with Crippen LogP contribution < -0.4 is 0 Å². The summed E-state index contributed by atoms with van der Waals surface area (Å²) in [6.45, 7) is 5.87. The van der Waals surface area contributed by atoms with Crippen LogP contribution in [0, 0.1) is 13.8 Å². The maximum atomic E-state index is 13.4. The lowest BCUT2D eigenvalue weighted by Crippen LogP contribution is -2.42. The van der Waals surface area contributed by atoms with E-state index in [4.69, 9.17) is 4.74 Å². The van der Waals surface area contributed by atoms with E-state index in [1.807, 2.05) is 0 Å². The van der Waals surface area contributed by atoms with E-state index >= 15 is 0 Å². The summed E-state index contributed by atoms with van der Waals surface area (Å²) >= 11 is 0. The SMILES string of the molecule is Cc1nn(CC(=O)N2CCOCC2)c(C)c1-c1cc(C(F)(F)F)cc2c1C=NC2. The number of alkyl halides is 3. The molecule has 2 aliphatic rings. The minimum atomic E-state index is -4.45. The van der Waals surface area contributed by atoms with Gasteiger partial charge in [-0.2, -0.15) is 18.3 Å². The number of ether oxygens (including phenoxy) is 1. The van der Waals surface area contributed by atoms with Crippen molar-refractivity contribution in [2.75, 3.05) is 26.3 Å². The Balaban J connectivity index is 1.72. The molecule has 1 aromatic carbocycles. The number of hydrogen-bond acceptors (Lipinski definition) is 4. The summed E-state index contributed by atoms with van der Waals surface area (Å²) in [4.78, 5) is 18.4. The zero-order chi connectivity index (χ0) is 20.8. The Kier molecular flexibility index (Phi) is 4.94. The summed E-state index contributed by atoms with van der Waals surface area (Å²) < 4.78 is 47.1. The number of aromatic nitrogens is 2. The molecule has 0 spiro atoms. The maximum Gasteiger partial charge on any atom is 0.416 e. The predicted molar refractivity (Wildman–Crippen MR) is 101 cm³/mol. The van der Waals surface area contributed by atoms with E-state index in [0.29, 0.717) is 59.9 Å². The second-order valence-electron chi connectivity index (χ2n) is 7.26. The van der Waals surface area contributed by atoms with Crippen molar-refractivity contribution in [2.45, 2.75) is 33.1 Å². The molecular formula is C20H21F3N4O2. The second-order valence-corrected chi connectivity index (χ2v) is 7.26. The summed E-state index contributed by atoms with van der Waals surface area (Å²) in [5, 5.41) is 4.45. The lowest BCUT2D eigenvalue weighted by atomic mass is 9.93. The van der Waals surface area contributed by atoms with Crippen LogP contribution in [0.25, 0.3) is 11.1 Å². The van der Waals surface area contributed by atoms with E-state index in [1.165, 1.54) is 0 Å². The summed E-state index contributed by atoms with van der Waals surface area (Å²) in [5.74, 6) is -0.0821. The highest BCUT2D eigenvalue weighted by atomic mass is 19.4. The van der Waals surface area contributed by atoms with Crippen molar-refractivity contribution in [2.24, 2.45) is 4.99 Å². The fourth-order valence-electron chi connectivity index (χ4n) is 3.88. The van der Waals surface area contributed by atoms with Crippen molar-refractivity contribution in [3.8, 4) is 11.1 Å². The fraction of sp³-hybridized carbons (Fsp3) is 0.450. The van der Waals surface area contributed by atoms with Crippen LogP contribution in [0.2, 0.25) is 0 Å². The van der Waals surface area contributed by atoms with Crippen molar-refractivity contribution in [1.29, 1.82) is 0 Å². The molecule has 1 fully saturated rings. The zero-order valence-corrected chi connectivity index (χ0v) is 16.2. The molecule has 0 saturated carbocycles. The molecule has 2 aliphatic heterocycles. The van der Waals surface area contributed by atoms with Crippen LogP contribution >= 0.6 is 0 Å². The first-order valence-corrected chi connectivity index (χ1v) is 9.39. The van der Waals surface area contributed by atoms with Crippen LogP contribution in [-0.2, 0) is 28.8 Å². The Morgan fingerprint density at radius 1 is 1.21 bits per heavy atom. The number of halogens is 3. The standard InChI is InChI=1S/C20H21F3N4O2/c1-12-19(13(2)27(25-12)11-18(28)26-3-5-29-6-4-26)16-8-15(20(21,22)23)7-14-9-24-10-17(14)16/h7-8,10H,3-6,9,11H2,1-2H3. The average Bonchev–Trinajstić information content (AvgIpc) is 3.26. The molecule has 2 aromatic rings. The topological polar surface area (TPSA) is 59.7 Å². The van der Waals surface area contributed by atoms with Crippen LogP contribution in [0.1, 0.15) is 28.1 Å². The van der Waals surface area contributed by atoms with E-state index in [0.717, 1.165) is 12.1 Å². The largest absolute Gasteiger partial charge is 0.416 e. The molecule has 0 aliphatic carbocycles. The van der Waals surface area contributed by atoms with Gasteiger partial charge in [-0.3, -0.25) is 14.5 Å². The Labute approximate surface area is 166 Å². The van der Waals surface area contributed by atoms with Gasteiger partial charge in [-0.15, -0.1) is 0 Å². The Morgan fingerprint density at radius 2 is 1.93 bits per heavy atom. The van der Waals surface area contributed by atoms with E-state index in [9.17, 15) is 18.0 Å². The lowest BCUT2D eigenvalue weighted by Gasteiger charge is -2.27. The third-order valence-corrected chi connectivity index (χ3v) is 5.37. The van der Waals surface area contributed by atoms with Crippen LogP contribution in [-0.4, -0.2) is 53.1 Å². The van der Waals surface area contributed by atoms with Crippen LogP contribution in [0.5, 0.6) is 0 Å². The normalized spacial score (nSPS) is 16.4. The van der Waals surface area contributed by atoms with Crippen molar-refractivity contribution >= 4 is 12.1 Å². The van der Waals surface area contributed by atoms with Crippen LogP contribution in [0.15, 0.2) is 17.1 Å². The smallest absolute Gasteiger partial charge is 0.378 e. The molecule has 29 heavy (non-hydrogen) atoms. The van der Waals surface area contributed by atoms with Gasteiger partial charge in [-0.1, -0.05) is 0 Å². The second kappa shape index (κ2) is 7.29. The number of aliphatic imine (C=N–C) groups is 1. The van der Waals surface area contributed by atoms with E-state index < -0.39 is 11.7 Å². The van der Waals surface area contributed by atoms with Crippen LogP contribution in [0.3, 0.4) is 0 Å². The number of benzene rings is 1. The number of morpholine rings is 1. The van der Waals surface area contributed by atoms with Crippen molar-refractivity contribution < 1.29 is 22.7 Å². The quantitative estimate of drug-likeness (QED) is 0.788. The van der Waals surface area contributed by atoms with Gasteiger partial charge in [0.2, 0.25) is 5.91 Å². The van der Waals surface area contributed by atoms with E-state index in [2.05, 4.69) is 10.1 Å². The number of carbonyl (C=O) groups excluding carboxylic acids is 1. The summed E-state index contributed by atoms with van der Waals surface area (Å²) in [5.41, 5.74) is 2.85. The van der Waals surface area contributed by atoms with Crippen molar-refractivity contribution in [3.63, 3.8) is 0 Å². The molecule has 0 N–H and O–H groups in total. The molecule has 4 rings (SSSR count). The van der Waals surface area contributed by atoms with Gasteiger partial charge in [-0.25, -0.2) is 0 Å². The molecule has 0 unspecified atom stereocenters. The molecule has 1 saturated heterocycles. The van der Waals surface area contributed by atoms with Crippen LogP contribution in [0.4, 0.5) is 13.2 Å². The monoisotopic (exact) mass is 406 g/mol. The first kappa shape index (κ1) is 19.6. The zero-order valence-electron chi connectivity index (χ0n) is 16.2.